The number of carbonyl (C=O) groups excluding carboxylic acids is 1. The van der Waals surface area contributed by atoms with Crippen LogP contribution in [0.3, 0.4) is 0 Å². The van der Waals surface area contributed by atoms with Gasteiger partial charge in [-0.05, 0) is 72.7 Å². The number of carboxylic acids is 1. The van der Waals surface area contributed by atoms with Crippen LogP contribution in [-0.2, 0) is 24.2 Å². The van der Waals surface area contributed by atoms with Crippen molar-refractivity contribution in [2.24, 2.45) is 0 Å². The van der Waals surface area contributed by atoms with Crippen molar-refractivity contribution in [1.29, 1.82) is 10.5 Å². The Morgan fingerprint density at radius 1 is 1.21 bits per heavy atom. The number of rotatable bonds is 8. The Bertz CT molecular complexity index is 1530. The number of fused-ring (bicyclic) bond motifs is 1. The average Bonchev–Trinajstić information content (AvgIpc) is 3.27. The van der Waals surface area contributed by atoms with Gasteiger partial charge < -0.3 is 19.9 Å². The van der Waals surface area contributed by atoms with Crippen LogP contribution in [0.4, 0.5) is 5.00 Å². The summed E-state index contributed by atoms with van der Waals surface area (Å²) in [4.78, 5) is 25.2. The molecule has 0 fully saturated rings. The molecular weight excluding hydrogens is 526 g/mol. The molecule has 2 aromatic carbocycles. The van der Waals surface area contributed by atoms with E-state index in [1.165, 1.54) is 42.7 Å². The highest BCUT2D eigenvalue weighted by atomic mass is 35.5. The summed E-state index contributed by atoms with van der Waals surface area (Å²) in [5, 5.41) is 31.9. The van der Waals surface area contributed by atoms with Gasteiger partial charge in [-0.2, -0.15) is 10.5 Å². The number of hydrogen-bond acceptors (Lipinski definition) is 7. The minimum atomic E-state index is -1.04. The number of aromatic carboxylic acids is 1. The summed E-state index contributed by atoms with van der Waals surface area (Å²) in [7, 11) is 1.43. The highest BCUT2D eigenvalue weighted by Crippen LogP contribution is 2.39. The maximum absolute atomic E-state index is 12.9. The van der Waals surface area contributed by atoms with Crippen LogP contribution >= 0.6 is 22.9 Å². The summed E-state index contributed by atoms with van der Waals surface area (Å²) >= 11 is 7.83. The molecule has 192 valence electrons. The van der Waals surface area contributed by atoms with Crippen LogP contribution in [0, 0.1) is 22.7 Å². The topological polar surface area (TPSA) is 132 Å². The lowest BCUT2D eigenvalue weighted by atomic mass is 9.96. The summed E-state index contributed by atoms with van der Waals surface area (Å²) < 4.78 is 11.2. The minimum Gasteiger partial charge on any atom is -0.493 e. The Hall–Kier alpha value is -4.31. The maximum Gasteiger partial charge on any atom is 0.335 e. The summed E-state index contributed by atoms with van der Waals surface area (Å²) in [6, 6.07) is 13.5. The number of aryl methyl sites for hydroxylation is 1. The van der Waals surface area contributed by atoms with Crippen molar-refractivity contribution in [3.05, 3.63) is 79.7 Å². The summed E-state index contributed by atoms with van der Waals surface area (Å²) in [5.74, 6) is -1.17. The number of carbonyl (C=O) groups is 2. The lowest BCUT2D eigenvalue weighted by Crippen LogP contribution is -2.13. The molecule has 1 aliphatic carbocycles. The van der Waals surface area contributed by atoms with Crippen molar-refractivity contribution in [3.8, 4) is 23.6 Å². The Kier molecular flexibility index (Phi) is 8.32. The number of anilines is 1. The zero-order valence-corrected chi connectivity index (χ0v) is 21.9. The monoisotopic (exact) mass is 547 g/mol. The first-order valence-electron chi connectivity index (χ1n) is 11.6. The fourth-order valence-corrected chi connectivity index (χ4v) is 5.68. The SMILES string of the molecule is COc1cc(/C=C(\C#N)C(=O)Nc2sc3c(c2C#N)CCCC3)cc(Cl)c1OCc1cccc(C(=O)O)c1. The van der Waals surface area contributed by atoms with Crippen LogP contribution in [0.1, 0.15) is 50.3 Å². The first kappa shape index (κ1) is 26.7. The van der Waals surface area contributed by atoms with E-state index in [-0.39, 0.29) is 34.3 Å². The second-order valence-electron chi connectivity index (χ2n) is 8.48. The zero-order chi connectivity index (χ0) is 27.2. The van der Waals surface area contributed by atoms with Crippen molar-refractivity contribution in [1.82, 2.24) is 0 Å². The number of amides is 1. The van der Waals surface area contributed by atoms with Gasteiger partial charge in [-0.25, -0.2) is 4.79 Å². The number of methoxy groups -OCH3 is 1. The molecule has 0 saturated carbocycles. The molecule has 1 aromatic heterocycles. The highest BCUT2D eigenvalue weighted by molar-refractivity contribution is 7.16. The molecule has 3 aromatic rings. The third kappa shape index (κ3) is 5.81. The summed E-state index contributed by atoms with van der Waals surface area (Å²) in [6.07, 6.45) is 5.12. The van der Waals surface area contributed by atoms with E-state index in [4.69, 9.17) is 21.1 Å². The van der Waals surface area contributed by atoms with Gasteiger partial charge in [0.15, 0.2) is 11.5 Å². The van der Waals surface area contributed by atoms with E-state index in [1.807, 2.05) is 6.07 Å². The Balaban J connectivity index is 1.55. The molecule has 10 heteroatoms. The molecule has 38 heavy (non-hydrogen) atoms. The van der Waals surface area contributed by atoms with Crippen LogP contribution in [0.25, 0.3) is 6.08 Å². The number of carboxylic acid groups (broad SMARTS) is 1. The van der Waals surface area contributed by atoms with Gasteiger partial charge in [0.1, 0.15) is 29.3 Å². The predicted molar refractivity (Wildman–Crippen MR) is 144 cm³/mol. The molecule has 1 heterocycles. The van der Waals surface area contributed by atoms with Gasteiger partial charge in [0.2, 0.25) is 0 Å². The van der Waals surface area contributed by atoms with E-state index < -0.39 is 11.9 Å². The van der Waals surface area contributed by atoms with E-state index in [0.29, 0.717) is 21.7 Å². The van der Waals surface area contributed by atoms with Crippen molar-refractivity contribution >= 4 is 45.9 Å². The van der Waals surface area contributed by atoms with Gasteiger partial charge in [-0.3, -0.25) is 4.79 Å². The number of nitrogens with zero attached hydrogens (tertiary/aromatic N) is 2. The Labute approximate surface area is 228 Å². The molecule has 1 amide bonds. The molecule has 1 aliphatic rings. The second kappa shape index (κ2) is 11.8. The number of hydrogen-bond donors (Lipinski definition) is 2. The van der Waals surface area contributed by atoms with E-state index in [9.17, 15) is 25.2 Å². The molecule has 0 unspecified atom stereocenters. The molecule has 0 atom stereocenters. The Morgan fingerprint density at radius 2 is 2.00 bits per heavy atom. The first-order valence-corrected chi connectivity index (χ1v) is 12.8. The van der Waals surface area contributed by atoms with E-state index >= 15 is 0 Å². The molecule has 8 nitrogen and oxygen atoms in total. The lowest BCUT2D eigenvalue weighted by Gasteiger charge is -2.14. The maximum atomic E-state index is 12.9. The third-order valence-electron chi connectivity index (χ3n) is 6.00. The molecule has 0 saturated heterocycles. The van der Waals surface area contributed by atoms with Gasteiger partial charge in [0, 0.05) is 4.88 Å². The van der Waals surface area contributed by atoms with Gasteiger partial charge in [-0.15, -0.1) is 11.3 Å². The quantitative estimate of drug-likeness (QED) is 0.261. The van der Waals surface area contributed by atoms with Crippen LogP contribution in [0.2, 0.25) is 5.02 Å². The minimum absolute atomic E-state index is 0.0459. The van der Waals surface area contributed by atoms with Crippen molar-refractivity contribution in [2.75, 3.05) is 12.4 Å². The first-order chi connectivity index (χ1) is 18.3. The van der Waals surface area contributed by atoms with Gasteiger partial charge in [-0.1, -0.05) is 23.7 Å². The zero-order valence-electron chi connectivity index (χ0n) is 20.3. The Morgan fingerprint density at radius 3 is 2.71 bits per heavy atom. The van der Waals surface area contributed by atoms with Crippen LogP contribution in [0.15, 0.2) is 42.0 Å². The van der Waals surface area contributed by atoms with E-state index in [1.54, 1.807) is 18.2 Å². The van der Waals surface area contributed by atoms with Crippen molar-refractivity contribution in [3.63, 3.8) is 0 Å². The highest BCUT2D eigenvalue weighted by Gasteiger charge is 2.23. The van der Waals surface area contributed by atoms with Crippen molar-refractivity contribution < 1.29 is 24.2 Å². The molecule has 4 rings (SSSR count). The van der Waals surface area contributed by atoms with Gasteiger partial charge >= 0.3 is 5.97 Å². The molecule has 0 spiro atoms. The van der Waals surface area contributed by atoms with Crippen molar-refractivity contribution in [2.45, 2.75) is 32.3 Å². The number of halogens is 1. The summed E-state index contributed by atoms with van der Waals surface area (Å²) in [6.45, 7) is 0.0459. The summed E-state index contributed by atoms with van der Waals surface area (Å²) in [5.41, 5.74) is 2.49. The van der Waals surface area contributed by atoms with Gasteiger partial charge in [0.25, 0.3) is 5.91 Å². The molecule has 0 aliphatic heterocycles. The smallest absolute Gasteiger partial charge is 0.335 e. The average molecular weight is 548 g/mol. The lowest BCUT2D eigenvalue weighted by molar-refractivity contribution is -0.112. The number of nitrogens with one attached hydrogen (secondary N) is 1. The van der Waals surface area contributed by atoms with Gasteiger partial charge in [0.05, 0.1) is 23.3 Å². The van der Waals surface area contributed by atoms with Crippen LogP contribution in [0.5, 0.6) is 11.5 Å². The fraction of sp³-hybridized carbons (Fsp3) is 0.214. The number of thiophene rings is 1. The molecule has 0 bridgehead atoms. The fourth-order valence-electron chi connectivity index (χ4n) is 4.17. The number of benzene rings is 2. The van der Waals surface area contributed by atoms with E-state index in [2.05, 4.69) is 11.4 Å². The number of nitriles is 2. The molecule has 0 radical (unpaired) electrons. The predicted octanol–water partition coefficient (Wildman–Crippen LogP) is 5.98. The standard InChI is InChI=1S/C28H22ClN3O5S/c1-36-23-12-17(11-22(29)25(23)37-15-16-5-4-6-18(9-16)28(34)35)10-19(13-30)26(33)32-27-21(14-31)20-7-2-3-8-24(20)38-27/h4-6,9-12H,2-3,7-8,15H2,1H3,(H,32,33)(H,34,35)/b19-10+. The molecule has 2 N–H and O–H groups in total. The number of ether oxygens (including phenoxy) is 2. The van der Waals surface area contributed by atoms with E-state index in [0.717, 1.165) is 36.1 Å². The largest absolute Gasteiger partial charge is 0.493 e. The van der Waals surface area contributed by atoms with Crippen LogP contribution in [-0.4, -0.2) is 24.1 Å². The van der Waals surface area contributed by atoms with Crippen LogP contribution < -0.4 is 14.8 Å². The molecular formula is C28H22ClN3O5S. The second-order valence-corrected chi connectivity index (χ2v) is 9.99. The third-order valence-corrected chi connectivity index (χ3v) is 7.48. The normalized spacial score (nSPS) is 12.6.